The van der Waals surface area contributed by atoms with Crippen molar-refractivity contribution in [2.24, 2.45) is 0 Å². The summed E-state index contributed by atoms with van der Waals surface area (Å²) in [5, 5.41) is 14.3. The second kappa shape index (κ2) is 9.71. The Hall–Kier alpha value is -1.64. The molecule has 2 aliphatic heterocycles. The SMILES string of the molecule is Cl.O=C(NCC(c1cccc(Cl)c1)N1CCOCC1)c1n[nH]c2c1CNCC2. The first-order chi connectivity index (χ1) is 13.2. The number of carbonyl (C=O) groups excluding carboxylic acids is 1. The number of nitrogens with zero attached hydrogens (tertiary/aromatic N) is 2. The van der Waals surface area contributed by atoms with E-state index >= 15 is 0 Å². The average molecular weight is 426 g/mol. The van der Waals surface area contributed by atoms with E-state index in [9.17, 15) is 4.79 Å². The molecule has 3 heterocycles. The molecule has 0 saturated carbocycles. The maximum absolute atomic E-state index is 12.8. The third-order valence-corrected chi connectivity index (χ3v) is 5.43. The van der Waals surface area contributed by atoms with E-state index in [1.165, 1.54) is 0 Å². The van der Waals surface area contributed by atoms with Crippen molar-refractivity contribution in [1.29, 1.82) is 0 Å². The molecular weight excluding hydrogens is 401 g/mol. The highest BCUT2D eigenvalue weighted by Gasteiger charge is 2.26. The molecule has 1 aromatic heterocycles. The highest BCUT2D eigenvalue weighted by molar-refractivity contribution is 6.30. The zero-order valence-electron chi connectivity index (χ0n) is 15.5. The molecule has 4 rings (SSSR count). The summed E-state index contributed by atoms with van der Waals surface area (Å²) in [7, 11) is 0. The topological polar surface area (TPSA) is 82.3 Å². The number of fused-ring (bicyclic) bond motifs is 1. The van der Waals surface area contributed by atoms with Crippen LogP contribution in [-0.4, -0.2) is 60.4 Å². The average Bonchev–Trinajstić information content (AvgIpc) is 3.13. The Morgan fingerprint density at radius 2 is 2.18 bits per heavy atom. The molecule has 9 heteroatoms. The van der Waals surface area contributed by atoms with E-state index in [0.717, 1.165) is 42.9 Å². The van der Waals surface area contributed by atoms with Crippen LogP contribution in [0.1, 0.15) is 33.4 Å². The van der Waals surface area contributed by atoms with Crippen LogP contribution in [0.3, 0.4) is 0 Å². The Balaban J connectivity index is 0.00000225. The van der Waals surface area contributed by atoms with Crippen LogP contribution in [0.4, 0.5) is 0 Å². The summed E-state index contributed by atoms with van der Waals surface area (Å²) >= 11 is 6.20. The Morgan fingerprint density at radius 3 is 2.96 bits per heavy atom. The van der Waals surface area contributed by atoms with Crippen molar-refractivity contribution < 1.29 is 9.53 Å². The lowest BCUT2D eigenvalue weighted by Gasteiger charge is -2.35. The third-order valence-electron chi connectivity index (χ3n) is 5.20. The van der Waals surface area contributed by atoms with Gasteiger partial charge in [-0.2, -0.15) is 5.10 Å². The van der Waals surface area contributed by atoms with Gasteiger partial charge < -0.3 is 15.4 Å². The van der Waals surface area contributed by atoms with Gasteiger partial charge in [-0.05, 0) is 17.7 Å². The minimum Gasteiger partial charge on any atom is -0.379 e. The van der Waals surface area contributed by atoms with Crippen LogP contribution in [0.2, 0.25) is 5.02 Å². The number of halogens is 2. The first-order valence-electron chi connectivity index (χ1n) is 9.34. The van der Waals surface area contributed by atoms with Crippen LogP contribution >= 0.6 is 24.0 Å². The van der Waals surface area contributed by atoms with Gasteiger partial charge in [0.1, 0.15) is 0 Å². The maximum Gasteiger partial charge on any atom is 0.272 e. The predicted octanol–water partition coefficient (Wildman–Crippen LogP) is 1.93. The van der Waals surface area contributed by atoms with E-state index in [1.54, 1.807) is 0 Å². The minimum atomic E-state index is -0.142. The van der Waals surface area contributed by atoms with Gasteiger partial charge in [0.25, 0.3) is 5.91 Å². The number of aromatic nitrogens is 2. The first kappa shape index (κ1) is 21.1. The number of morpholine rings is 1. The van der Waals surface area contributed by atoms with Gasteiger partial charge in [0.05, 0.1) is 19.3 Å². The number of aromatic amines is 1. The lowest BCUT2D eigenvalue weighted by atomic mass is 10.0. The molecule has 2 aromatic rings. The highest BCUT2D eigenvalue weighted by Crippen LogP contribution is 2.24. The molecule has 1 fully saturated rings. The molecule has 1 saturated heterocycles. The number of ether oxygens (including phenoxy) is 1. The fourth-order valence-corrected chi connectivity index (χ4v) is 3.95. The van der Waals surface area contributed by atoms with Gasteiger partial charge in [-0.25, -0.2) is 0 Å². The second-order valence-corrected chi connectivity index (χ2v) is 7.32. The van der Waals surface area contributed by atoms with Crippen molar-refractivity contribution >= 4 is 29.9 Å². The van der Waals surface area contributed by atoms with Gasteiger partial charge in [-0.3, -0.25) is 14.8 Å². The molecule has 0 radical (unpaired) electrons. The van der Waals surface area contributed by atoms with Crippen LogP contribution in [0.5, 0.6) is 0 Å². The number of nitrogens with one attached hydrogen (secondary N) is 3. The summed E-state index contributed by atoms with van der Waals surface area (Å²) in [5.74, 6) is -0.142. The second-order valence-electron chi connectivity index (χ2n) is 6.89. The Labute approximate surface area is 175 Å². The fraction of sp³-hybridized carbons (Fsp3) is 0.474. The van der Waals surface area contributed by atoms with Gasteiger partial charge in [0.15, 0.2) is 5.69 Å². The van der Waals surface area contributed by atoms with Crippen molar-refractivity contribution in [3.8, 4) is 0 Å². The third kappa shape index (κ3) is 4.67. The molecule has 1 atom stereocenters. The highest BCUT2D eigenvalue weighted by atomic mass is 35.5. The van der Waals surface area contributed by atoms with Crippen LogP contribution in [0.25, 0.3) is 0 Å². The van der Waals surface area contributed by atoms with E-state index in [-0.39, 0.29) is 24.4 Å². The van der Waals surface area contributed by atoms with E-state index < -0.39 is 0 Å². The summed E-state index contributed by atoms with van der Waals surface area (Å²) in [6.45, 7) is 5.13. The summed E-state index contributed by atoms with van der Waals surface area (Å²) in [6.07, 6.45) is 0.870. The van der Waals surface area contributed by atoms with Crippen LogP contribution < -0.4 is 10.6 Å². The number of hydrogen-bond donors (Lipinski definition) is 3. The number of carbonyl (C=O) groups is 1. The standard InChI is InChI=1S/C19H24ClN5O2.ClH/c20-14-3-1-2-13(10-14)17(25-6-8-27-9-7-25)12-22-19(26)18-15-11-21-5-4-16(15)23-24-18;/h1-3,10,17,21H,4-9,11-12H2,(H,22,26)(H,23,24);1H. The Morgan fingerprint density at radius 1 is 1.36 bits per heavy atom. The number of rotatable bonds is 5. The molecule has 2 aliphatic rings. The monoisotopic (exact) mass is 425 g/mol. The lowest BCUT2D eigenvalue weighted by molar-refractivity contribution is 0.0162. The molecular formula is C19H25Cl2N5O2. The predicted molar refractivity (Wildman–Crippen MR) is 110 cm³/mol. The molecule has 28 heavy (non-hydrogen) atoms. The van der Waals surface area contributed by atoms with Crippen molar-refractivity contribution in [1.82, 2.24) is 25.7 Å². The summed E-state index contributed by atoms with van der Waals surface area (Å²) in [4.78, 5) is 15.1. The smallest absolute Gasteiger partial charge is 0.272 e. The van der Waals surface area contributed by atoms with Gasteiger partial charge in [0, 0.05) is 55.4 Å². The summed E-state index contributed by atoms with van der Waals surface area (Å²) in [5.41, 5.74) is 3.61. The molecule has 152 valence electrons. The molecule has 1 aromatic carbocycles. The Bertz CT molecular complexity index is 807. The number of H-pyrrole nitrogens is 1. The first-order valence-corrected chi connectivity index (χ1v) is 9.72. The van der Waals surface area contributed by atoms with E-state index in [2.05, 4.69) is 31.8 Å². The molecule has 0 aliphatic carbocycles. The Kier molecular flexibility index (Phi) is 7.31. The normalized spacial score (nSPS) is 18.0. The van der Waals surface area contributed by atoms with Crippen molar-refractivity contribution in [3.05, 3.63) is 51.8 Å². The molecule has 7 nitrogen and oxygen atoms in total. The fourth-order valence-electron chi connectivity index (χ4n) is 3.75. The van der Waals surface area contributed by atoms with Crippen LogP contribution in [-0.2, 0) is 17.7 Å². The van der Waals surface area contributed by atoms with Gasteiger partial charge in [-0.1, -0.05) is 23.7 Å². The minimum absolute atomic E-state index is 0. The summed E-state index contributed by atoms with van der Waals surface area (Å²) < 4.78 is 5.48. The quantitative estimate of drug-likeness (QED) is 0.681. The summed E-state index contributed by atoms with van der Waals surface area (Å²) in [6, 6.07) is 7.88. The van der Waals surface area contributed by atoms with Crippen molar-refractivity contribution in [3.63, 3.8) is 0 Å². The molecule has 0 spiro atoms. The molecule has 0 bridgehead atoms. The largest absolute Gasteiger partial charge is 0.379 e. The van der Waals surface area contributed by atoms with E-state index in [0.29, 0.717) is 37.0 Å². The molecule has 1 unspecified atom stereocenters. The maximum atomic E-state index is 12.8. The molecule has 3 N–H and O–H groups in total. The van der Waals surface area contributed by atoms with Gasteiger partial charge >= 0.3 is 0 Å². The number of benzene rings is 1. The lowest BCUT2D eigenvalue weighted by Crippen LogP contribution is -2.44. The zero-order chi connectivity index (χ0) is 18.6. The van der Waals surface area contributed by atoms with E-state index in [1.807, 2.05) is 18.2 Å². The van der Waals surface area contributed by atoms with Crippen LogP contribution in [0.15, 0.2) is 24.3 Å². The van der Waals surface area contributed by atoms with Crippen LogP contribution in [0, 0.1) is 0 Å². The van der Waals surface area contributed by atoms with Crippen molar-refractivity contribution in [2.75, 3.05) is 39.4 Å². The zero-order valence-corrected chi connectivity index (χ0v) is 17.1. The van der Waals surface area contributed by atoms with Gasteiger partial charge in [0.2, 0.25) is 0 Å². The van der Waals surface area contributed by atoms with Gasteiger partial charge in [-0.15, -0.1) is 12.4 Å². The van der Waals surface area contributed by atoms with Crippen molar-refractivity contribution in [2.45, 2.75) is 19.0 Å². The number of amides is 1. The number of hydrogen-bond acceptors (Lipinski definition) is 5. The van der Waals surface area contributed by atoms with E-state index in [4.69, 9.17) is 16.3 Å². The molecule has 1 amide bonds.